The number of rotatable bonds is 4. The SMILES string of the molecule is CC(=O)NC(C)C1CCN(CC2(C)CCNC2)CC1.Cl. The zero-order chi connectivity index (χ0) is 13.9. The molecule has 2 fully saturated rings. The van der Waals surface area contributed by atoms with Crippen LogP contribution in [-0.2, 0) is 4.79 Å². The zero-order valence-electron chi connectivity index (χ0n) is 13.1. The lowest BCUT2D eigenvalue weighted by Gasteiger charge is -2.38. The summed E-state index contributed by atoms with van der Waals surface area (Å²) < 4.78 is 0. The van der Waals surface area contributed by atoms with Crippen LogP contribution in [0.25, 0.3) is 0 Å². The van der Waals surface area contributed by atoms with Crippen LogP contribution in [-0.4, -0.2) is 49.6 Å². The quantitative estimate of drug-likeness (QED) is 0.830. The van der Waals surface area contributed by atoms with Crippen molar-refractivity contribution in [2.75, 3.05) is 32.7 Å². The lowest BCUT2D eigenvalue weighted by Crippen LogP contribution is -2.46. The molecule has 0 aromatic carbocycles. The molecule has 2 aliphatic rings. The Bertz CT molecular complexity index is 310. The molecule has 5 heteroatoms. The Balaban J connectivity index is 0.00000200. The van der Waals surface area contributed by atoms with Gasteiger partial charge in [-0.05, 0) is 57.2 Å². The Kier molecular flexibility index (Phi) is 6.76. The van der Waals surface area contributed by atoms with Crippen LogP contribution in [0.4, 0.5) is 0 Å². The molecule has 2 rings (SSSR count). The molecule has 2 saturated heterocycles. The summed E-state index contributed by atoms with van der Waals surface area (Å²) in [6.07, 6.45) is 3.73. The summed E-state index contributed by atoms with van der Waals surface area (Å²) in [6.45, 7) is 12.1. The number of halogens is 1. The highest BCUT2D eigenvalue weighted by molar-refractivity contribution is 5.85. The number of piperidine rings is 1. The van der Waals surface area contributed by atoms with Crippen LogP contribution >= 0.6 is 12.4 Å². The number of carbonyl (C=O) groups excluding carboxylic acids is 1. The van der Waals surface area contributed by atoms with Crippen molar-refractivity contribution in [1.82, 2.24) is 15.5 Å². The van der Waals surface area contributed by atoms with Crippen LogP contribution < -0.4 is 10.6 Å². The second kappa shape index (κ2) is 7.62. The number of hydrogen-bond donors (Lipinski definition) is 2. The maximum Gasteiger partial charge on any atom is 0.217 e. The average Bonchev–Trinajstić information content (AvgIpc) is 2.75. The molecule has 1 amide bonds. The van der Waals surface area contributed by atoms with Crippen molar-refractivity contribution >= 4 is 18.3 Å². The topological polar surface area (TPSA) is 44.4 Å². The van der Waals surface area contributed by atoms with Crippen molar-refractivity contribution in [3.8, 4) is 0 Å². The number of amides is 1. The Morgan fingerprint density at radius 1 is 1.45 bits per heavy atom. The molecule has 2 atom stereocenters. The van der Waals surface area contributed by atoms with E-state index in [-0.39, 0.29) is 18.3 Å². The van der Waals surface area contributed by atoms with Gasteiger partial charge in [-0.25, -0.2) is 0 Å². The first kappa shape index (κ1) is 17.7. The lowest BCUT2D eigenvalue weighted by atomic mass is 9.86. The van der Waals surface area contributed by atoms with E-state index in [1.54, 1.807) is 6.92 Å². The molecule has 0 saturated carbocycles. The van der Waals surface area contributed by atoms with Gasteiger partial charge < -0.3 is 15.5 Å². The van der Waals surface area contributed by atoms with Crippen molar-refractivity contribution in [2.24, 2.45) is 11.3 Å². The van der Waals surface area contributed by atoms with E-state index in [4.69, 9.17) is 0 Å². The monoisotopic (exact) mass is 303 g/mol. The number of hydrogen-bond acceptors (Lipinski definition) is 3. The van der Waals surface area contributed by atoms with Gasteiger partial charge in [0.15, 0.2) is 0 Å². The first-order valence-corrected chi connectivity index (χ1v) is 7.69. The molecule has 20 heavy (non-hydrogen) atoms. The number of nitrogens with one attached hydrogen (secondary N) is 2. The van der Waals surface area contributed by atoms with Crippen molar-refractivity contribution < 1.29 is 4.79 Å². The van der Waals surface area contributed by atoms with Gasteiger partial charge in [-0.15, -0.1) is 12.4 Å². The van der Waals surface area contributed by atoms with Gasteiger partial charge in [-0.3, -0.25) is 4.79 Å². The molecule has 0 radical (unpaired) electrons. The summed E-state index contributed by atoms with van der Waals surface area (Å²) in [6, 6.07) is 0.323. The molecule has 118 valence electrons. The fraction of sp³-hybridized carbons (Fsp3) is 0.933. The summed E-state index contributed by atoms with van der Waals surface area (Å²) in [7, 11) is 0. The Morgan fingerprint density at radius 3 is 2.60 bits per heavy atom. The summed E-state index contributed by atoms with van der Waals surface area (Å²) in [5, 5.41) is 6.52. The van der Waals surface area contributed by atoms with E-state index in [9.17, 15) is 4.79 Å². The summed E-state index contributed by atoms with van der Waals surface area (Å²) in [4.78, 5) is 13.7. The van der Waals surface area contributed by atoms with Crippen LogP contribution in [0.15, 0.2) is 0 Å². The predicted octanol–water partition coefficient (Wildman–Crippen LogP) is 1.64. The Hall–Kier alpha value is -0.320. The van der Waals surface area contributed by atoms with Crippen LogP contribution in [0.1, 0.15) is 40.0 Å². The van der Waals surface area contributed by atoms with Gasteiger partial charge in [0.05, 0.1) is 0 Å². The van der Waals surface area contributed by atoms with Gasteiger partial charge >= 0.3 is 0 Å². The molecule has 4 nitrogen and oxygen atoms in total. The molecular weight excluding hydrogens is 274 g/mol. The second-order valence-electron chi connectivity index (χ2n) is 6.84. The Morgan fingerprint density at radius 2 is 2.10 bits per heavy atom. The third kappa shape index (κ3) is 4.90. The molecule has 0 aromatic rings. The van der Waals surface area contributed by atoms with E-state index in [1.807, 2.05) is 0 Å². The maximum absolute atomic E-state index is 11.1. The molecule has 0 bridgehead atoms. The normalized spacial score (nSPS) is 29.8. The van der Waals surface area contributed by atoms with E-state index in [0.717, 1.165) is 6.54 Å². The highest BCUT2D eigenvalue weighted by Crippen LogP contribution is 2.28. The smallest absolute Gasteiger partial charge is 0.217 e. The third-order valence-electron chi connectivity index (χ3n) is 4.83. The van der Waals surface area contributed by atoms with Crippen molar-refractivity contribution in [3.63, 3.8) is 0 Å². The lowest BCUT2D eigenvalue weighted by molar-refractivity contribution is -0.120. The van der Waals surface area contributed by atoms with Gasteiger partial charge in [0.25, 0.3) is 0 Å². The van der Waals surface area contributed by atoms with E-state index < -0.39 is 0 Å². The highest BCUT2D eigenvalue weighted by atomic mass is 35.5. The van der Waals surface area contributed by atoms with E-state index in [0.29, 0.717) is 17.4 Å². The van der Waals surface area contributed by atoms with Crippen molar-refractivity contribution in [3.05, 3.63) is 0 Å². The third-order valence-corrected chi connectivity index (χ3v) is 4.83. The minimum Gasteiger partial charge on any atom is -0.354 e. The molecule has 2 heterocycles. The van der Waals surface area contributed by atoms with Crippen LogP contribution in [0.5, 0.6) is 0 Å². The predicted molar refractivity (Wildman–Crippen MR) is 85.3 cm³/mol. The van der Waals surface area contributed by atoms with Crippen LogP contribution in [0, 0.1) is 11.3 Å². The van der Waals surface area contributed by atoms with Crippen molar-refractivity contribution in [1.29, 1.82) is 0 Å². The largest absolute Gasteiger partial charge is 0.354 e. The first-order chi connectivity index (χ1) is 8.98. The van der Waals surface area contributed by atoms with Crippen LogP contribution in [0.3, 0.4) is 0 Å². The first-order valence-electron chi connectivity index (χ1n) is 7.69. The highest BCUT2D eigenvalue weighted by Gasteiger charge is 2.32. The fourth-order valence-corrected chi connectivity index (χ4v) is 3.59. The maximum atomic E-state index is 11.1. The number of carbonyl (C=O) groups is 1. The minimum atomic E-state index is 0. The zero-order valence-corrected chi connectivity index (χ0v) is 13.9. The van der Waals surface area contributed by atoms with Gasteiger partial charge in [0.1, 0.15) is 0 Å². The van der Waals surface area contributed by atoms with E-state index in [1.165, 1.54) is 45.4 Å². The summed E-state index contributed by atoms with van der Waals surface area (Å²) in [5.74, 6) is 0.745. The molecule has 2 N–H and O–H groups in total. The van der Waals surface area contributed by atoms with Gasteiger partial charge in [-0.1, -0.05) is 6.92 Å². The minimum absolute atomic E-state index is 0. The molecular formula is C15H30ClN3O. The number of likely N-dealkylation sites (tertiary alicyclic amines) is 1. The molecule has 0 aromatic heterocycles. The van der Waals surface area contributed by atoms with E-state index >= 15 is 0 Å². The van der Waals surface area contributed by atoms with Gasteiger partial charge in [0.2, 0.25) is 5.91 Å². The standard InChI is InChI=1S/C15H29N3O.ClH/c1-12(17-13(2)19)14-4-8-18(9-5-14)11-15(3)6-7-16-10-15;/h12,14,16H,4-11H2,1-3H3,(H,17,19);1H. The van der Waals surface area contributed by atoms with E-state index in [2.05, 4.69) is 29.4 Å². The van der Waals surface area contributed by atoms with Gasteiger partial charge in [0, 0.05) is 26.1 Å². The Labute approximate surface area is 129 Å². The fourth-order valence-electron chi connectivity index (χ4n) is 3.59. The summed E-state index contributed by atoms with van der Waals surface area (Å²) in [5.41, 5.74) is 0.468. The molecule has 0 aliphatic carbocycles. The summed E-state index contributed by atoms with van der Waals surface area (Å²) >= 11 is 0. The molecule has 2 aliphatic heterocycles. The average molecular weight is 304 g/mol. The molecule has 2 unspecified atom stereocenters. The van der Waals surface area contributed by atoms with Crippen LogP contribution in [0.2, 0.25) is 0 Å². The van der Waals surface area contributed by atoms with Crippen molar-refractivity contribution in [2.45, 2.75) is 46.1 Å². The second-order valence-corrected chi connectivity index (χ2v) is 6.84. The van der Waals surface area contributed by atoms with Gasteiger partial charge in [-0.2, -0.15) is 0 Å². The number of nitrogens with zero attached hydrogens (tertiary/aromatic N) is 1. The molecule has 0 spiro atoms.